The maximum absolute atomic E-state index is 9.24. The lowest BCUT2D eigenvalue weighted by molar-refractivity contribution is 0.341. The molecule has 2 aromatic rings. The fourth-order valence-corrected chi connectivity index (χ4v) is 2.80. The molecule has 0 aliphatic carbocycles. The number of hydrogen-bond acceptors (Lipinski definition) is 1. The Morgan fingerprint density at radius 3 is 1.90 bits per heavy atom. The minimum absolute atomic E-state index is 0.131. The zero-order valence-electron chi connectivity index (χ0n) is 12.7. The molecule has 0 unspecified atom stereocenters. The van der Waals surface area contributed by atoms with Crippen LogP contribution in [0.15, 0.2) is 72.3 Å². The van der Waals surface area contributed by atoms with E-state index in [0.717, 1.165) is 19.3 Å². The van der Waals surface area contributed by atoms with E-state index in [0.29, 0.717) is 5.92 Å². The summed E-state index contributed by atoms with van der Waals surface area (Å²) in [6.45, 7) is 2.32. The fraction of sp³-hybridized carbons (Fsp3) is 0.300. The molecule has 1 N–H and O–H groups in total. The Bertz CT molecular complexity index is 503. The molecule has 21 heavy (non-hydrogen) atoms. The van der Waals surface area contributed by atoms with E-state index in [1.165, 1.54) is 16.7 Å². The van der Waals surface area contributed by atoms with Crippen molar-refractivity contribution < 1.29 is 5.11 Å². The van der Waals surface area contributed by atoms with Gasteiger partial charge < -0.3 is 5.11 Å². The highest BCUT2D eigenvalue weighted by atomic mass is 16.2. The van der Waals surface area contributed by atoms with Gasteiger partial charge in [-0.05, 0) is 24.0 Å². The molecule has 110 valence electrons. The standard InChI is InChI=1S/C20H24O/c1-2-9-17(14-15-21)16-20(18-10-5-3-6-11-18)19-12-7-4-8-13-19/h3-8,10-14,20-21H,2,9,15-16H2,1H3. The molecular formula is C20H24O. The van der Waals surface area contributed by atoms with Gasteiger partial charge in [-0.3, -0.25) is 0 Å². The van der Waals surface area contributed by atoms with Gasteiger partial charge in [0.15, 0.2) is 0 Å². The molecule has 0 aliphatic heterocycles. The molecule has 0 spiro atoms. The number of aliphatic hydroxyl groups excluding tert-OH is 1. The summed E-state index contributed by atoms with van der Waals surface area (Å²) in [7, 11) is 0. The van der Waals surface area contributed by atoms with E-state index in [1.54, 1.807) is 0 Å². The molecule has 0 saturated heterocycles. The topological polar surface area (TPSA) is 20.2 Å². The number of allylic oxidation sites excluding steroid dienone is 1. The van der Waals surface area contributed by atoms with Crippen molar-refractivity contribution in [1.82, 2.24) is 0 Å². The Morgan fingerprint density at radius 1 is 0.952 bits per heavy atom. The first-order valence-electron chi connectivity index (χ1n) is 7.73. The number of aliphatic hydroxyl groups is 1. The van der Waals surface area contributed by atoms with Gasteiger partial charge in [0.1, 0.15) is 0 Å². The van der Waals surface area contributed by atoms with Gasteiger partial charge in [-0.15, -0.1) is 0 Å². The monoisotopic (exact) mass is 280 g/mol. The fourth-order valence-electron chi connectivity index (χ4n) is 2.80. The van der Waals surface area contributed by atoms with Gasteiger partial charge in [-0.1, -0.05) is 85.7 Å². The maximum Gasteiger partial charge on any atom is 0.0615 e. The minimum Gasteiger partial charge on any atom is -0.392 e. The largest absolute Gasteiger partial charge is 0.392 e. The van der Waals surface area contributed by atoms with E-state index in [2.05, 4.69) is 67.6 Å². The summed E-state index contributed by atoms with van der Waals surface area (Å²) in [6, 6.07) is 21.3. The molecule has 0 amide bonds. The summed E-state index contributed by atoms with van der Waals surface area (Å²) in [5.74, 6) is 0.358. The second-order valence-corrected chi connectivity index (χ2v) is 5.37. The van der Waals surface area contributed by atoms with Crippen molar-refractivity contribution in [1.29, 1.82) is 0 Å². The van der Waals surface area contributed by atoms with Crippen LogP contribution in [0.2, 0.25) is 0 Å². The zero-order valence-corrected chi connectivity index (χ0v) is 12.7. The molecule has 1 nitrogen and oxygen atoms in total. The van der Waals surface area contributed by atoms with Crippen LogP contribution in [0.4, 0.5) is 0 Å². The van der Waals surface area contributed by atoms with Gasteiger partial charge in [-0.2, -0.15) is 0 Å². The second-order valence-electron chi connectivity index (χ2n) is 5.37. The van der Waals surface area contributed by atoms with Crippen LogP contribution >= 0.6 is 0 Å². The first kappa shape index (κ1) is 15.5. The first-order chi connectivity index (χ1) is 10.3. The summed E-state index contributed by atoms with van der Waals surface area (Å²) in [6.07, 6.45) is 5.11. The van der Waals surface area contributed by atoms with Crippen LogP contribution < -0.4 is 0 Å². The smallest absolute Gasteiger partial charge is 0.0615 e. The Morgan fingerprint density at radius 2 is 1.48 bits per heavy atom. The van der Waals surface area contributed by atoms with E-state index in [9.17, 15) is 5.11 Å². The van der Waals surface area contributed by atoms with Crippen LogP contribution in [-0.4, -0.2) is 11.7 Å². The van der Waals surface area contributed by atoms with Gasteiger partial charge in [-0.25, -0.2) is 0 Å². The normalized spacial score (nSPS) is 11.9. The average Bonchev–Trinajstić information content (AvgIpc) is 2.54. The van der Waals surface area contributed by atoms with Crippen molar-refractivity contribution in [3.8, 4) is 0 Å². The van der Waals surface area contributed by atoms with Crippen molar-refractivity contribution in [2.75, 3.05) is 6.61 Å². The third-order valence-electron chi connectivity index (χ3n) is 3.82. The van der Waals surface area contributed by atoms with E-state index in [-0.39, 0.29) is 6.61 Å². The molecule has 1 heteroatoms. The summed E-state index contributed by atoms with van der Waals surface area (Å²) >= 11 is 0. The Labute approximate surface area is 128 Å². The lowest BCUT2D eigenvalue weighted by atomic mass is 9.85. The lowest BCUT2D eigenvalue weighted by Gasteiger charge is -2.20. The van der Waals surface area contributed by atoms with Gasteiger partial charge in [0.25, 0.3) is 0 Å². The van der Waals surface area contributed by atoms with Gasteiger partial charge in [0.05, 0.1) is 6.61 Å². The molecule has 2 aromatic carbocycles. The first-order valence-corrected chi connectivity index (χ1v) is 7.73. The molecule has 0 aromatic heterocycles. The highest BCUT2D eigenvalue weighted by Crippen LogP contribution is 2.32. The lowest BCUT2D eigenvalue weighted by Crippen LogP contribution is -2.03. The predicted molar refractivity (Wildman–Crippen MR) is 89.4 cm³/mol. The van der Waals surface area contributed by atoms with Crippen LogP contribution in [0.3, 0.4) is 0 Å². The molecule has 0 fully saturated rings. The summed E-state index contributed by atoms with van der Waals surface area (Å²) in [5, 5.41) is 9.24. The SMILES string of the molecule is CCCC(=CCO)CC(c1ccccc1)c1ccccc1. The molecule has 0 heterocycles. The molecular weight excluding hydrogens is 256 g/mol. The Kier molecular flexibility index (Phi) is 6.23. The van der Waals surface area contributed by atoms with Crippen LogP contribution in [0.5, 0.6) is 0 Å². The Balaban J connectivity index is 2.31. The molecule has 0 bridgehead atoms. The van der Waals surface area contributed by atoms with Crippen molar-refractivity contribution >= 4 is 0 Å². The maximum atomic E-state index is 9.24. The van der Waals surface area contributed by atoms with E-state index < -0.39 is 0 Å². The van der Waals surface area contributed by atoms with Crippen molar-refractivity contribution in [2.24, 2.45) is 0 Å². The van der Waals surface area contributed by atoms with Crippen LogP contribution in [-0.2, 0) is 0 Å². The third kappa shape index (κ3) is 4.57. The van der Waals surface area contributed by atoms with Gasteiger partial charge in [0.2, 0.25) is 0 Å². The van der Waals surface area contributed by atoms with Crippen LogP contribution in [0.25, 0.3) is 0 Å². The minimum atomic E-state index is 0.131. The predicted octanol–water partition coefficient (Wildman–Crippen LogP) is 4.93. The van der Waals surface area contributed by atoms with Crippen molar-refractivity contribution in [3.63, 3.8) is 0 Å². The highest BCUT2D eigenvalue weighted by molar-refractivity contribution is 5.34. The molecule has 0 aliphatic rings. The summed E-state index contributed by atoms with van der Waals surface area (Å²) < 4.78 is 0. The quantitative estimate of drug-likeness (QED) is 0.713. The zero-order chi connectivity index (χ0) is 14.9. The summed E-state index contributed by atoms with van der Waals surface area (Å²) in [5.41, 5.74) is 4.02. The number of hydrogen-bond donors (Lipinski definition) is 1. The van der Waals surface area contributed by atoms with E-state index >= 15 is 0 Å². The third-order valence-corrected chi connectivity index (χ3v) is 3.82. The van der Waals surface area contributed by atoms with Crippen molar-refractivity contribution in [2.45, 2.75) is 32.1 Å². The van der Waals surface area contributed by atoms with Crippen LogP contribution in [0.1, 0.15) is 43.2 Å². The average molecular weight is 280 g/mol. The van der Waals surface area contributed by atoms with Gasteiger partial charge in [0, 0.05) is 5.92 Å². The van der Waals surface area contributed by atoms with E-state index in [4.69, 9.17) is 0 Å². The Hall–Kier alpha value is -1.86. The molecule has 0 radical (unpaired) electrons. The van der Waals surface area contributed by atoms with E-state index in [1.807, 2.05) is 6.08 Å². The number of benzene rings is 2. The number of rotatable bonds is 7. The molecule has 0 saturated carbocycles. The molecule has 2 rings (SSSR count). The highest BCUT2D eigenvalue weighted by Gasteiger charge is 2.15. The van der Waals surface area contributed by atoms with Gasteiger partial charge >= 0.3 is 0 Å². The van der Waals surface area contributed by atoms with Crippen molar-refractivity contribution in [3.05, 3.63) is 83.4 Å². The van der Waals surface area contributed by atoms with Crippen LogP contribution in [0, 0.1) is 0 Å². The second kappa shape index (κ2) is 8.43. The summed E-state index contributed by atoms with van der Waals surface area (Å²) in [4.78, 5) is 0. The molecule has 0 atom stereocenters.